The van der Waals surface area contributed by atoms with Gasteiger partial charge in [0.2, 0.25) is 11.9 Å². The molecule has 10 heteroatoms. The fourth-order valence-corrected chi connectivity index (χ4v) is 3.63. The Labute approximate surface area is 168 Å². The normalized spacial score (nSPS) is 10.9. The Balaban J connectivity index is 1.56. The number of nitrogens with zero attached hydrogens (tertiary/aromatic N) is 5. The highest BCUT2D eigenvalue weighted by Crippen LogP contribution is 2.30. The zero-order chi connectivity index (χ0) is 19.6. The molecule has 0 radical (unpaired) electrons. The maximum Gasteiger partial charge on any atom is 0.351 e. The molecule has 0 aliphatic rings. The lowest BCUT2D eigenvalue weighted by Crippen LogP contribution is -2.22. The lowest BCUT2D eigenvalue weighted by molar-refractivity contribution is 0.952. The highest BCUT2D eigenvalue weighted by atomic mass is 32.1. The van der Waals surface area contributed by atoms with Gasteiger partial charge >= 0.3 is 5.69 Å². The van der Waals surface area contributed by atoms with Crippen LogP contribution < -0.4 is 15.9 Å². The van der Waals surface area contributed by atoms with Crippen molar-refractivity contribution in [2.45, 2.75) is 0 Å². The van der Waals surface area contributed by atoms with Crippen LogP contribution in [0.15, 0.2) is 71.1 Å². The molecule has 3 heterocycles. The first-order valence-corrected chi connectivity index (χ1v) is 9.57. The van der Waals surface area contributed by atoms with Gasteiger partial charge in [0.25, 0.3) is 0 Å². The topological polar surface area (TPSA) is 115 Å². The molecule has 0 fully saturated rings. The number of benzene rings is 2. The molecule has 0 saturated carbocycles. The van der Waals surface area contributed by atoms with Crippen molar-refractivity contribution in [2.75, 3.05) is 10.2 Å². The van der Waals surface area contributed by atoms with Gasteiger partial charge < -0.3 is 5.32 Å². The van der Waals surface area contributed by atoms with Gasteiger partial charge in [-0.3, -0.25) is 15.0 Å². The van der Waals surface area contributed by atoms with Crippen molar-refractivity contribution in [3.63, 3.8) is 0 Å². The molecule has 0 bridgehead atoms. The summed E-state index contributed by atoms with van der Waals surface area (Å²) in [5.74, 6) is 1.13. The Kier molecular flexibility index (Phi) is 4.22. The van der Waals surface area contributed by atoms with E-state index in [-0.39, 0.29) is 11.9 Å². The van der Waals surface area contributed by atoms with E-state index in [9.17, 15) is 4.79 Å². The fraction of sp³-hybridized carbons (Fsp3) is 0. The van der Waals surface area contributed by atoms with Crippen LogP contribution in [0.4, 0.5) is 29.1 Å². The van der Waals surface area contributed by atoms with E-state index in [1.54, 1.807) is 34.0 Å². The quantitative estimate of drug-likeness (QED) is 0.410. The summed E-state index contributed by atoms with van der Waals surface area (Å²) in [4.78, 5) is 29.5. The van der Waals surface area contributed by atoms with Gasteiger partial charge in [-0.1, -0.05) is 18.2 Å². The number of fused-ring (bicyclic) bond motifs is 1. The minimum absolute atomic E-state index is 0.213. The van der Waals surface area contributed by atoms with E-state index in [2.05, 4.69) is 35.5 Å². The van der Waals surface area contributed by atoms with E-state index in [0.717, 1.165) is 21.6 Å². The van der Waals surface area contributed by atoms with Crippen molar-refractivity contribution in [3.05, 3.63) is 76.8 Å². The maximum absolute atomic E-state index is 12.3. The molecule has 3 aromatic heterocycles. The van der Waals surface area contributed by atoms with Crippen molar-refractivity contribution in [2.24, 2.45) is 0 Å². The monoisotopic (exact) mass is 402 g/mol. The maximum atomic E-state index is 12.3. The Morgan fingerprint density at radius 3 is 2.76 bits per heavy atom. The predicted octanol–water partition coefficient (Wildman–Crippen LogP) is 3.71. The third kappa shape index (κ3) is 3.44. The molecular formula is C19H14N8OS. The van der Waals surface area contributed by atoms with Crippen LogP contribution in [0.5, 0.6) is 0 Å². The molecule has 0 amide bonds. The number of rotatable bonds is 5. The Morgan fingerprint density at radius 1 is 1.03 bits per heavy atom. The molecular weight excluding hydrogens is 388 g/mol. The van der Waals surface area contributed by atoms with E-state index in [0.29, 0.717) is 5.82 Å². The Morgan fingerprint density at radius 2 is 1.93 bits per heavy atom. The van der Waals surface area contributed by atoms with Crippen LogP contribution in [0, 0.1) is 0 Å². The van der Waals surface area contributed by atoms with Crippen LogP contribution in [0.3, 0.4) is 0 Å². The Bertz CT molecular complexity index is 1310. The zero-order valence-corrected chi connectivity index (χ0v) is 15.7. The van der Waals surface area contributed by atoms with Gasteiger partial charge in [-0.05, 0) is 30.3 Å². The average molecular weight is 402 g/mol. The molecule has 0 spiro atoms. The summed E-state index contributed by atoms with van der Waals surface area (Å²) in [5.41, 5.74) is 3.78. The zero-order valence-electron chi connectivity index (χ0n) is 14.9. The van der Waals surface area contributed by atoms with Crippen LogP contribution in [0.2, 0.25) is 0 Å². The summed E-state index contributed by atoms with van der Waals surface area (Å²) in [6.07, 6.45) is 1.63. The number of para-hydroxylation sites is 1. The first kappa shape index (κ1) is 17.1. The number of hydrogen-bond donors (Lipinski definition) is 3. The third-order valence-electron chi connectivity index (χ3n) is 4.17. The van der Waals surface area contributed by atoms with Crippen molar-refractivity contribution < 1.29 is 0 Å². The van der Waals surface area contributed by atoms with E-state index in [4.69, 9.17) is 0 Å². The van der Waals surface area contributed by atoms with Crippen LogP contribution in [0.25, 0.3) is 10.2 Å². The molecule has 0 aliphatic heterocycles. The SMILES string of the molecule is O=c1nc(N(c2ccccc2)c2ccn[nH]2)nc(Nc2ccc3ncsc3c2)[nH]1. The highest BCUT2D eigenvalue weighted by Gasteiger charge is 2.18. The summed E-state index contributed by atoms with van der Waals surface area (Å²) in [6, 6.07) is 17.0. The fourth-order valence-electron chi connectivity index (χ4n) is 2.91. The highest BCUT2D eigenvalue weighted by molar-refractivity contribution is 7.16. The Hall–Kier alpha value is -4.05. The van der Waals surface area contributed by atoms with Gasteiger partial charge in [0, 0.05) is 11.8 Å². The van der Waals surface area contributed by atoms with Gasteiger partial charge in [-0.25, -0.2) is 9.78 Å². The van der Waals surface area contributed by atoms with Gasteiger partial charge in [0.15, 0.2) is 0 Å². The summed E-state index contributed by atoms with van der Waals surface area (Å²) < 4.78 is 1.04. The van der Waals surface area contributed by atoms with Crippen molar-refractivity contribution in [1.29, 1.82) is 0 Å². The smallest absolute Gasteiger partial charge is 0.326 e. The number of hydrogen-bond acceptors (Lipinski definition) is 8. The van der Waals surface area contributed by atoms with E-state index in [1.165, 1.54) is 0 Å². The molecule has 142 valence electrons. The molecule has 2 aromatic carbocycles. The second-order valence-corrected chi connectivity index (χ2v) is 6.96. The van der Waals surface area contributed by atoms with Gasteiger partial charge in [-0.2, -0.15) is 15.1 Å². The number of anilines is 5. The summed E-state index contributed by atoms with van der Waals surface area (Å²) in [5, 5.41) is 10.0. The molecule has 0 unspecified atom stereocenters. The molecule has 9 nitrogen and oxygen atoms in total. The molecule has 0 atom stereocenters. The van der Waals surface area contributed by atoms with Crippen molar-refractivity contribution in [3.8, 4) is 0 Å². The van der Waals surface area contributed by atoms with Crippen molar-refractivity contribution in [1.82, 2.24) is 30.1 Å². The lowest BCUT2D eigenvalue weighted by atomic mass is 10.3. The van der Waals surface area contributed by atoms with Gasteiger partial charge in [-0.15, -0.1) is 11.3 Å². The first-order valence-electron chi connectivity index (χ1n) is 8.69. The van der Waals surface area contributed by atoms with Crippen LogP contribution in [-0.4, -0.2) is 30.1 Å². The molecule has 0 aliphatic carbocycles. The van der Waals surface area contributed by atoms with Crippen LogP contribution in [0.1, 0.15) is 0 Å². The van der Waals surface area contributed by atoms with E-state index in [1.807, 2.05) is 48.5 Å². The molecule has 0 saturated heterocycles. The summed E-state index contributed by atoms with van der Waals surface area (Å²) in [7, 11) is 0. The molecule has 29 heavy (non-hydrogen) atoms. The second kappa shape index (κ2) is 7.17. The number of aromatic amines is 2. The predicted molar refractivity (Wildman–Crippen MR) is 112 cm³/mol. The number of aromatic nitrogens is 6. The first-order chi connectivity index (χ1) is 14.3. The molecule has 5 rings (SSSR count). The van der Waals surface area contributed by atoms with Crippen LogP contribution >= 0.6 is 11.3 Å². The van der Waals surface area contributed by atoms with Crippen molar-refractivity contribution >= 4 is 50.6 Å². The molecule has 5 aromatic rings. The van der Waals surface area contributed by atoms with Gasteiger partial charge in [0.05, 0.1) is 27.6 Å². The van der Waals surface area contributed by atoms with E-state index >= 15 is 0 Å². The summed E-state index contributed by atoms with van der Waals surface area (Å²) >= 11 is 1.54. The number of H-pyrrole nitrogens is 2. The van der Waals surface area contributed by atoms with E-state index < -0.39 is 5.69 Å². The summed E-state index contributed by atoms with van der Waals surface area (Å²) in [6.45, 7) is 0. The third-order valence-corrected chi connectivity index (χ3v) is 4.97. The molecule has 3 N–H and O–H groups in total. The number of nitrogens with one attached hydrogen (secondary N) is 3. The average Bonchev–Trinajstić information content (AvgIpc) is 3.40. The second-order valence-electron chi connectivity index (χ2n) is 6.08. The van der Waals surface area contributed by atoms with Crippen LogP contribution in [-0.2, 0) is 0 Å². The lowest BCUT2D eigenvalue weighted by Gasteiger charge is -2.20. The number of thiazole rings is 1. The largest absolute Gasteiger partial charge is 0.351 e. The minimum atomic E-state index is -0.517. The van der Waals surface area contributed by atoms with Gasteiger partial charge in [0.1, 0.15) is 5.82 Å². The standard InChI is InChI=1S/C19H14N8OS/c28-19-24-17(22-12-6-7-14-15(10-12)29-11-20-14)23-18(25-19)27(16-8-9-21-26-16)13-4-2-1-3-5-13/h1-11H,(H,21,26)(H2,22,23,24,25,28). The minimum Gasteiger partial charge on any atom is -0.326 e.